The smallest absolute Gasteiger partial charge is 0.305 e. The van der Waals surface area contributed by atoms with E-state index >= 15 is 0 Å². The van der Waals surface area contributed by atoms with Crippen LogP contribution >= 0.6 is 0 Å². The van der Waals surface area contributed by atoms with Crippen molar-refractivity contribution in [3.63, 3.8) is 0 Å². The van der Waals surface area contributed by atoms with Crippen LogP contribution in [-0.2, 0) is 19.1 Å². The summed E-state index contributed by atoms with van der Waals surface area (Å²) in [7, 11) is 0. The summed E-state index contributed by atoms with van der Waals surface area (Å²) in [6.45, 7) is 11.9. The molecule has 0 saturated heterocycles. The van der Waals surface area contributed by atoms with Crippen LogP contribution in [0.5, 0.6) is 0 Å². The average Bonchev–Trinajstić information content (AvgIpc) is 2.62. The number of hydrogen-bond donors (Lipinski definition) is 0. The Bertz CT molecular complexity index is 390. The first kappa shape index (κ1) is 26.9. The van der Waals surface area contributed by atoms with Gasteiger partial charge in [0.15, 0.2) is 0 Å². The van der Waals surface area contributed by atoms with Crippen LogP contribution in [0.15, 0.2) is 0 Å². The third kappa shape index (κ3) is 18.3. The molecule has 4 heteroatoms. The molecule has 0 bridgehead atoms. The largest absolute Gasteiger partial charge is 0.466 e. The highest BCUT2D eigenvalue weighted by atomic mass is 16.5. The van der Waals surface area contributed by atoms with Gasteiger partial charge in [0.2, 0.25) is 0 Å². The van der Waals surface area contributed by atoms with E-state index in [0.717, 1.165) is 38.5 Å². The molecule has 0 amide bonds. The third-order valence-corrected chi connectivity index (χ3v) is 5.24. The Morgan fingerprint density at radius 3 is 1.68 bits per heavy atom. The lowest BCUT2D eigenvalue weighted by atomic mass is 9.93. The molecule has 0 aromatic carbocycles. The summed E-state index contributed by atoms with van der Waals surface area (Å²) in [5.41, 5.74) is 0. The van der Waals surface area contributed by atoms with Crippen molar-refractivity contribution in [1.82, 2.24) is 0 Å². The maximum absolute atomic E-state index is 11.8. The first-order chi connectivity index (χ1) is 13.3. The molecule has 0 aliphatic carbocycles. The van der Waals surface area contributed by atoms with Crippen molar-refractivity contribution >= 4 is 11.9 Å². The number of hydrogen-bond acceptors (Lipinski definition) is 4. The van der Waals surface area contributed by atoms with Crippen LogP contribution < -0.4 is 0 Å². The van der Waals surface area contributed by atoms with Gasteiger partial charge in [0, 0.05) is 12.8 Å². The summed E-state index contributed by atoms with van der Waals surface area (Å²) in [5, 5.41) is 0. The zero-order valence-corrected chi connectivity index (χ0v) is 19.3. The van der Waals surface area contributed by atoms with Crippen molar-refractivity contribution < 1.29 is 19.1 Å². The van der Waals surface area contributed by atoms with Crippen molar-refractivity contribution in [2.45, 2.75) is 112 Å². The Kier molecular flexibility index (Phi) is 17.3. The maximum atomic E-state index is 11.8. The number of carbonyl (C=O) groups is 2. The number of carbonyl (C=O) groups excluding carboxylic acids is 2. The second-order valence-electron chi connectivity index (χ2n) is 8.93. The van der Waals surface area contributed by atoms with Gasteiger partial charge in [-0.2, -0.15) is 0 Å². The third-order valence-electron chi connectivity index (χ3n) is 5.24. The average molecular weight is 399 g/mol. The highest BCUT2D eigenvalue weighted by molar-refractivity contribution is 5.69. The molecule has 0 rings (SSSR count). The van der Waals surface area contributed by atoms with Crippen molar-refractivity contribution in [2.75, 3.05) is 13.2 Å². The normalized spacial score (nSPS) is 12.4. The maximum Gasteiger partial charge on any atom is 0.305 e. The fraction of sp³-hybridized carbons (Fsp3) is 0.917. The van der Waals surface area contributed by atoms with Crippen LogP contribution in [0.2, 0.25) is 0 Å². The summed E-state index contributed by atoms with van der Waals surface area (Å²) in [6.07, 6.45) is 11.9. The lowest BCUT2D eigenvalue weighted by molar-refractivity contribution is -0.145. The molecule has 0 aliphatic rings. The van der Waals surface area contributed by atoms with E-state index in [0.29, 0.717) is 43.8 Å². The van der Waals surface area contributed by atoms with Crippen LogP contribution in [0.4, 0.5) is 0 Å². The van der Waals surface area contributed by atoms with Gasteiger partial charge in [0.05, 0.1) is 13.2 Å². The Morgan fingerprint density at radius 1 is 0.643 bits per heavy atom. The number of unbranched alkanes of at least 4 members (excludes halogenated alkanes) is 4. The first-order valence-electron chi connectivity index (χ1n) is 11.7. The van der Waals surface area contributed by atoms with Gasteiger partial charge in [-0.1, -0.05) is 73.1 Å². The molecular weight excluding hydrogens is 352 g/mol. The van der Waals surface area contributed by atoms with Crippen LogP contribution in [0, 0.1) is 17.8 Å². The van der Waals surface area contributed by atoms with E-state index in [9.17, 15) is 9.59 Å². The fourth-order valence-electron chi connectivity index (χ4n) is 3.07. The minimum absolute atomic E-state index is 0.0422. The second kappa shape index (κ2) is 18.0. The van der Waals surface area contributed by atoms with Gasteiger partial charge in [-0.25, -0.2) is 0 Å². The van der Waals surface area contributed by atoms with Gasteiger partial charge in [-0.05, 0) is 43.4 Å². The second-order valence-corrected chi connectivity index (χ2v) is 8.93. The number of rotatable bonds is 18. The monoisotopic (exact) mass is 398 g/mol. The van der Waals surface area contributed by atoms with Gasteiger partial charge in [-0.15, -0.1) is 0 Å². The number of esters is 2. The molecule has 28 heavy (non-hydrogen) atoms. The lowest BCUT2D eigenvalue weighted by Gasteiger charge is -2.14. The predicted molar refractivity (Wildman–Crippen MR) is 116 cm³/mol. The van der Waals surface area contributed by atoms with E-state index in [1.807, 2.05) is 0 Å². The molecule has 0 aromatic rings. The van der Waals surface area contributed by atoms with Gasteiger partial charge in [-0.3, -0.25) is 9.59 Å². The molecule has 0 spiro atoms. The van der Waals surface area contributed by atoms with E-state index < -0.39 is 0 Å². The number of ether oxygens (including phenoxy) is 2. The molecule has 0 fully saturated rings. The lowest BCUT2D eigenvalue weighted by Crippen LogP contribution is -2.10. The van der Waals surface area contributed by atoms with Gasteiger partial charge < -0.3 is 9.47 Å². The van der Waals surface area contributed by atoms with Crippen molar-refractivity contribution in [1.29, 1.82) is 0 Å². The molecular formula is C24H46O4. The van der Waals surface area contributed by atoms with Crippen molar-refractivity contribution in [2.24, 2.45) is 17.8 Å². The Morgan fingerprint density at radius 2 is 1.14 bits per heavy atom. The summed E-state index contributed by atoms with van der Waals surface area (Å²) in [5.74, 6) is 1.68. The quantitative estimate of drug-likeness (QED) is 0.190. The summed E-state index contributed by atoms with van der Waals surface area (Å²) in [4.78, 5) is 23.4. The van der Waals surface area contributed by atoms with E-state index in [1.54, 1.807) is 0 Å². The highest BCUT2D eigenvalue weighted by Crippen LogP contribution is 2.20. The Balaban J connectivity index is 3.58. The zero-order chi connectivity index (χ0) is 21.2. The van der Waals surface area contributed by atoms with E-state index in [4.69, 9.17) is 9.47 Å². The molecule has 0 aromatic heterocycles. The van der Waals surface area contributed by atoms with Crippen LogP contribution in [0.1, 0.15) is 112 Å². The predicted octanol–water partition coefficient (Wildman–Crippen LogP) is 6.70. The van der Waals surface area contributed by atoms with Gasteiger partial charge >= 0.3 is 11.9 Å². The molecule has 1 atom stereocenters. The van der Waals surface area contributed by atoms with Crippen molar-refractivity contribution in [3.8, 4) is 0 Å². The molecule has 0 N–H and O–H groups in total. The Labute approximate surface area is 174 Å². The molecule has 1 unspecified atom stereocenters. The molecule has 166 valence electrons. The highest BCUT2D eigenvalue weighted by Gasteiger charge is 2.11. The van der Waals surface area contributed by atoms with Gasteiger partial charge in [0.25, 0.3) is 0 Å². The van der Waals surface area contributed by atoms with E-state index in [1.165, 1.54) is 25.7 Å². The first-order valence-corrected chi connectivity index (χ1v) is 11.7. The minimum atomic E-state index is -0.0491. The standard InChI is InChI=1S/C24H46O4/c1-6-22(14-15-24(26)28-19-17-21(4)5)12-10-8-7-9-11-13-23(25)27-18-16-20(2)3/h20-22H,6-19H2,1-5H3. The molecule has 0 heterocycles. The van der Waals surface area contributed by atoms with E-state index in [2.05, 4.69) is 34.6 Å². The minimum Gasteiger partial charge on any atom is -0.466 e. The summed E-state index contributed by atoms with van der Waals surface area (Å²) in [6, 6.07) is 0. The van der Waals surface area contributed by atoms with Gasteiger partial charge in [0.1, 0.15) is 0 Å². The summed E-state index contributed by atoms with van der Waals surface area (Å²) < 4.78 is 10.5. The molecule has 4 nitrogen and oxygen atoms in total. The molecule has 0 saturated carbocycles. The fourth-order valence-corrected chi connectivity index (χ4v) is 3.07. The molecule has 0 radical (unpaired) electrons. The van der Waals surface area contributed by atoms with Crippen LogP contribution in [0.3, 0.4) is 0 Å². The Hall–Kier alpha value is -1.06. The SMILES string of the molecule is CCC(CCCCCCCC(=O)OCCC(C)C)CCC(=O)OCCC(C)C. The molecule has 0 aliphatic heterocycles. The topological polar surface area (TPSA) is 52.6 Å². The van der Waals surface area contributed by atoms with Crippen LogP contribution in [0.25, 0.3) is 0 Å². The summed E-state index contributed by atoms with van der Waals surface area (Å²) >= 11 is 0. The van der Waals surface area contributed by atoms with Crippen molar-refractivity contribution in [3.05, 3.63) is 0 Å². The van der Waals surface area contributed by atoms with Crippen LogP contribution in [-0.4, -0.2) is 25.2 Å². The van der Waals surface area contributed by atoms with E-state index in [-0.39, 0.29) is 11.9 Å². The zero-order valence-electron chi connectivity index (χ0n) is 19.3.